The molecule has 7 heteroatoms. The van der Waals surface area contributed by atoms with E-state index in [9.17, 15) is 18.8 Å². The van der Waals surface area contributed by atoms with E-state index in [1.807, 2.05) is 0 Å². The maximum atomic E-state index is 13.7. The molecule has 2 fully saturated rings. The number of carbonyl (C=O) groups is 3. The monoisotopic (exact) mass is 333 g/mol. The average Bonchev–Trinajstić information content (AvgIpc) is 2.80. The van der Waals surface area contributed by atoms with Crippen LogP contribution in [0.1, 0.15) is 39.0 Å². The molecule has 3 rings (SSSR count). The Morgan fingerprint density at radius 3 is 2.58 bits per heavy atom. The van der Waals surface area contributed by atoms with E-state index in [1.165, 1.54) is 25.1 Å². The number of halogens is 1. The van der Waals surface area contributed by atoms with Gasteiger partial charge >= 0.3 is 6.03 Å². The highest BCUT2D eigenvalue weighted by atomic mass is 19.1. The van der Waals surface area contributed by atoms with Gasteiger partial charge in [0.2, 0.25) is 5.91 Å². The van der Waals surface area contributed by atoms with E-state index in [-0.39, 0.29) is 11.6 Å². The van der Waals surface area contributed by atoms with Crippen molar-refractivity contribution in [3.8, 4) is 0 Å². The van der Waals surface area contributed by atoms with Crippen LogP contribution in [-0.2, 0) is 9.59 Å². The van der Waals surface area contributed by atoms with E-state index < -0.39 is 29.3 Å². The Hall–Kier alpha value is -2.44. The largest absolute Gasteiger partial charge is 0.325 e. The maximum absolute atomic E-state index is 13.7. The molecule has 128 valence electrons. The minimum Gasteiger partial charge on any atom is -0.323 e. The molecule has 1 aromatic carbocycles. The molecule has 1 saturated heterocycles. The van der Waals surface area contributed by atoms with E-state index >= 15 is 0 Å². The van der Waals surface area contributed by atoms with Gasteiger partial charge in [-0.2, -0.15) is 0 Å². The summed E-state index contributed by atoms with van der Waals surface area (Å²) in [6, 6.07) is 4.18. The molecule has 1 atom stereocenters. The summed E-state index contributed by atoms with van der Waals surface area (Å²) >= 11 is 0. The number of benzene rings is 1. The van der Waals surface area contributed by atoms with Gasteiger partial charge in [-0.25, -0.2) is 14.1 Å². The number of amides is 4. The molecule has 0 unspecified atom stereocenters. The molecule has 0 aromatic heterocycles. The van der Waals surface area contributed by atoms with Crippen molar-refractivity contribution in [2.75, 3.05) is 5.32 Å². The zero-order chi connectivity index (χ0) is 17.3. The Balaban J connectivity index is 1.75. The third-order valence-electron chi connectivity index (χ3n) is 4.80. The number of nitrogens with one attached hydrogen (secondary N) is 2. The number of imide groups is 1. The number of rotatable bonds is 3. The molecule has 4 amide bonds. The number of urea groups is 1. The van der Waals surface area contributed by atoms with Gasteiger partial charge in [0.25, 0.3) is 5.91 Å². The third-order valence-corrected chi connectivity index (χ3v) is 4.80. The van der Waals surface area contributed by atoms with E-state index in [2.05, 4.69) is 10.6 Å². The van der Waals surface area contributed by atoms with E-state index in [0.29, 0.717) is 12.8 Å². The van der Waals surface area contributed by atoms with Gasteiger partial charge in [-0.1, -0.05) is 31.4 Å². The Morgan fingerprint density at radius 1 is 1.25 bits per heavy atom. The number of hydrogen-bond donors (Lipinski definition) is 2. The zero-order valence-electron chi connectivity index (χ0n) is 13.5. The fourth-order valence-corrected chi connectivity index (χ4v) is 3.40. The second-order valence-corrected chi connectivity index (χ2v) is 6.39. The van der Waals surface area contributed by atoms with Gasteiger partial charge in [0, 0.05) is 0 Å². The minimum absolute atomic E-state index is 0.0220. The van der Waals surface area contributed by atoms with Gasteiger partial charge in [0.1, 0.15) is 17.4 Å². The van der Waals surface area contributed by atoms with Crippen molar-refractivity contribution in [1.82, 2.24) is 10.2 Å². The lowest BCUT2D eigenvalue weighted by atomic mass is 9.81. The predicted molar refractivity (Wildman–Crippen MR) is 85.7 cm³/mol. The summed E-state index contributed by atoms with van der Waals surface area (Å²) in [6.07, 6.45) is 3.96. The first-order valence-electron chi connectivity index (χ1n) is 8.16. The topological polar surface area (TPSA) is 78.5 Å². The third kappa shape index (κ3) is 2.74. The number of anilines is 1. The highest BCUT2D eigenvalue weighted by molar-refractivity contribution is 6.11. The Morgan fingerprint density at radius 2 is 1.92 bits per heavy atom. The van der Waals surface area contributed by atoms with Gasteiger partial charge in [-0.15, -0.1) is 0 Å². The molecule has 24 heavy (non-hydrogen) atoms. The fraction of sp³-hybridized carbons (Fsp3) is 0.471. The van der Waals surface area contributed by atoms with Crippen LogP contribution in [0.2, 0.25) is 0 Å². The first-order valence-corrected chi connectivity index (χ1v) is 8.16. The van der Waals surface area contributed by atoms with Crippen LogP contribution in [0.3, 0.4) is 0 Å². The van der Waals surface area contributed by atoms with Crippen molar-refractivity contribution >= 4 is 23.5 Å². The van der Waals surface area contributed by atoms with Crippen LogP contribution in [-0.4, -0.2) is 34.3 Å². The molecular formula is C17H20FN3O3. The highest BCUT2D eigenvalue weighted by Gasteiger charge is 2.53. The zero-order valence-corrected chi connectivity index (χ0v) is 13.5. The van der Waals surface area contributed by atoms with Crippen LogP contribution in [0.25, 0.3) is 0 Å². The summed E-state index contributed by atoms with van der Waals surface area (Å²) in [5.74, 6) is -1.53. The van der Waals surface area contributed by atoms with Crippen LogP contribution in [0.5, 0.6) is 0 Å². The molecule has 1 saturated carbocycles. The molecule has 2 aliphatic rings. The van der Waals surface area contributed by atoms with Crippen LogP contribution in [0.15, 0.2) is 24.3 Å². The number of carbonyl (C=O) groups excluding carboxylic acids is 3. The van der Waals surface area contributed by atoms with Crippen molar-refractivity contribution < 1.29 is 18.8 Å². The fourth-order valence-electron chi connectivity index (χ4n) is 3.40. The molecular weight excluding hydrogens is 313 g/mol. The van der Waals surface area contributed by atoms with E-state index in [4.69, 9.17) is 0 Å². The summed E-state index contributed by atoms with van der Waals surface area (Å²) < 4.78 is 13.7. The molecule has 1 aliphatic carbocycles. The van der Waals surface area contributed by atoms with Crippen molar-refractivity contribution in [3.63, 3.8) is 0 Å². The first kappa shape index (κ1) is 16.4. The summed E-state index contributed by atoms with van der Waals surface area (Å²) in [5.41, 5.74) is -0.851. The van der Waals surface area contributed by atoms with Crippen molar-refractivity contribution in [1.29, 1.82) is 0 Å². The average molecular weight is 333 g/mol. The Labute approximate surface area is 139 Å². The second kappa shape index (κ2) is 6.22. The molecule has 6 nitrogen and oxygen atoms in total. The normalized spacial score (nSPS) is 20.8. The Bertz CT molecular complexity index is 685. The number of hydrogen-bond acceptors (Lipinski definition) is 3. The predicted octanol–water partition coefficient (Wildman–Crippen LogP) is 2.41. The van der Waals surface area contributed by atoms with Gasteiger partial charge < -0.3 is 10.6 Å². The van der Waals surface area contributed by atoms with Crippen molar-refractivity contribution in [2.24, 2.45) is 0 Å². The summed E-state index contributed by atoms with van der Waals surface area (Å²) in [7, 11) is 0. The smallest absolute Gasteiger partial charge is 0.323 e. The number of nitrogens with zero attached hydrogens (tertiary/aromatic N) is 1. The maximum Gasteiger partial charge on any atom is 0.325 e. The SMILES string of the molecule is C[C@@H](C(=O)Nc1ccccc1F)N1C(=O)NC2(CCCCC2)C1=O. The number of para-hydroxylation sites is 1. The van der Waals surface area contributed by atoms with Crippen LogP contribution >= 0.6 is 0 Å². The van der Waals surface area contributed by atoms with Gasteiger partial charge in [-0.3, -0.25) is 9.59 Å². The summed E-state index contributed by atoms with van der Waals surface area (Å²) in [4.78, 5) is 38.3. The van der Waals surface area contributed by atoms with Gasteiger partial charge in [-0.05, 0) is 31.9 Å². The molecule has 1 aromatic rings. The molecule has 0 radical (unpaired) electrons. The lowest BCUT2D eigenvalue weighted by Gasteiger charge is -2.31. The highest BCUT2D eigenvalue weighted by Crippen LogP contribution is 2.34. The molecule has 1 spiro atoms. The quantitative estimate of drug-likeness (QED) is 0.834. The lowest BCUT2D eigenvalue weighted by molar-refractivity contribution is -0.137. The molecule has 0 bridgehead atoms. The van der Waals surface area contributed by atoms with E-state index in [1.54, 1.807) is 6.07 Å². The Kier molecular flexibility index (Phi) is 4.26. The van der Waals surface area contributed by atoms with E-state index in [0.717, 1.165) is 24.2 Å². The summed E-state index contributed by atoms with van der Waals surface area (Å²) in [5, 5.41) is 5.19. The van der Waals surface area contributed by atoms with Gasteiger partial charge in [0.15, 0.2) is 0 Å². The van der Waals surface area contributed by atoms with Crippen molar-refractivity contribution in [2.45, 2.75) is 50.6 Å². The lowest BCUT2D eigenvalue weighted by Crippen LogP contribution is -2.50. The minimum atomic E-state index is -1.02. The first-order chi connectivity index (χ1) is 11.4. The van der Waals surface area contributed by atoms with Crippen LogP contribution in [0, 0.1) is 5.82 Å². The summed E-state index contributed by atoms with van der Waals surface area (Å²) in [6.45, 7) is 1.47. The van der Waals surface area contributed by atoms with Crippen molar-refractivity contribution in [3.05, 3.63) is 30.1 Å². The second-order valence-electron chi connectivity index (χ2n) is 6.39. The van der Waals surface area contributed by atoms with Crippen LogP contribution < -0.4 is 10.6 Å². The van der Waals surface area contributed by atoms with Gasteiger partial charge in [0.05, 0.1) is 5.69 Å². The molecule has 2 N–H and O–H groups in total. The standard InChI is InChI=1S/C17H20FN3O3/c1-11(14(22)19-13-8-4-3-7-12(13)18)21-15(23)17(20-16(21)24)9-5-2-6-10-17/h3-4,7-8,11H,2,5-6,9-10H2,1H3,(H,19,22)(H,20,24)/t11-/m0/s1. The molecule has 1 aliphatic heterocycles. The molecule has 1 heterocycles. The van der Waals surface area contributed by atoms with Crippen LogP contribution in [0.4, 0.5) is 14.9 Å².